The van der Waals surface area contributed by atoms with Crippen molar-refractivity contribution in [2.45, 2.75) is 38.3 Å². The number of Topliss-reactive ketones (excluding diaryl/α,β-unsaturated/α-hetero) is 1. The summed E-state index contributed by atoms with van der Waals surface area (Å²) in [5, 5.41) is 16.4. The van der Waals surface area contributed by atoms with Gasteiger partial charge in [0.05, 0.1) is 12.2 Å². The van der Waals surface area contributed by atoms with E-state index >= 15 is 0 Å². The molecule has 0 saturated carbocycles. The molecule has 0 aromatic heterocycles. The summed E-state index contributed by atoms with van der Waals surface area (Å²) in [6.07, 6.45) is -0.752. The minimum absolute atomic E-state index is 0.0672. The lowest BCUT2D eigenvalue weighted by Gasteiger charge is -2.31. The van der Waals surface area contributed by atoms with Gasteiger partial charge in [0.1, 0.15) is 24.0 Å². The normalized spacial score (nSPS) is 13.0. The van der Waals surface area contributed by atoms with Crippen molar-refractivity contribution in [1.29, 1.82) is 5.26 Å². The van der Waals surface area contributed by atoms with Crippen LogP contribution < -0.4 is 21.2 Å². The van der Waals surface area contributed by atoms with E-state index in [4.69, 9.17) is 9.47 Å². The van der Waals surface area contributed by atoms with Gasteiger partial charge < -0.3 is 14.8 Å². The maximum absolute atomic E-state index is 14.9. The Morgan fingerprint density at radius 2 is 1.14 bits per heavy atom. The summed E-state index contributed by atoms with van der Waals surface area (Å²) in [5.41, 5.74) is 3.80. The van der Waals surface area contributed by atoms with E-state index in [1.54, 1.807) is 0 Å². The lowest BCUT2D eigenvalue weighted by molar-refractivity contribution is -0.117. The van der Waals surface area contributed by atoms with Crippen LogP contribution in [0.25, 0.3) is 11.1 Å². The fourth-order valence-electron chi connectivity index (χ4n) is 6.55. The molecule has 0 radical (unpaired) electrons. The number of ketones is 1. The largest absolute Gasteiger partial charge is 0.449 e. The molecule has 1 amide bonds. The number of amides is 1. The Kier molecular flexibility index (Phi) is 9.97. The first-order valence-corrected chi connectivity index (χ1v) is 18.2. The van der Waals surface area contributed by atoms with E-state index in [0.29, 0.717) is 0 Å². The molecule has 1 aliphatic carbocycles. The fourth-order valence-corrected chi connectivity index (χ4v) is 10.7. The van der Waals surface area contributed by atoms with Crippen LogP contribution in [-0.2, 0) is 14.3 Å². The number of fused-ring (bicyclic) bond motifs is 3. The maximum Gasteiger partial charge on any atom is 0.407 e. The van der Waals surface area contributed by atoms with Gasteiger partial charge in [-0.15, -0.1) is 0 Å². The molecule has 5 aromatic rings. The predicted molar refractivity (Wildman–Crippen MR) is 198 cm³/mol. The van der Waals surface area contributed by atoms with Crippen LogP contribution in [0.2, 0.25) is 0 Å². The molecule has 49 heavy (non-hydrogen) atoms. The van der Waals surface area contributed by atoms with Crippen molar-refractivity contribution >= 4 is 40.0 Å². The van der Waals surface area contributed by atoms with Crippen molar-refractivity contribution in [3.05, 3.63) is 151 Å². The Morgan fingerprint density at radius 1 is 0.714 bits per heavy atom. The number of hydrogen-bond acceptors (Lipinski definition) is 5. The summed E-state index contributed by atoms with van der Waals surface area (Å²) in [7, 11) is 0. The van der Waals surface area contributed by atoms with Crippen LogP contribution >= 0.6 is 6.89 Å². The van der Waals surface area contributed by atoms with Gasteiger partial charge in [0.2, 0.25) is 0 Å². The number of carbonyl (C=O) groups is 2. The highest BCUT2D eigenvalue weighted by atomic mass is 31.2. The Balaban J connectivity index is 1.40. The molecule has 0 aliphatic heterocycles. The number of rotatable bonds is 10. The van der Waals surface area contributed by atoms with E-state index < -0.39 is 30.4 Å². The average molecular weight is 667 g/mol. The second kappa shape index (κ2) is 14.5. The van der Waals surface area contributed by atoms with Crippen LogP contribution in [0.1, 0.15) is 37.8 Å². The van der Waals surface area contributed by atoms with Crippen LogP contribution in [0, 0.1) is 11.3 Å². The van der Waals surface area contributed by atoms with Gasteiger partial charge >= 0.3 is 6.09 Å². The number of benzene rings is 5. The zero-order valence-electron chi connectivity index (χ0n) is 27.9. The van der Waals surface area contributed by atoms with Crippen molar-refractivity contribution in [1.82, 2.24) is 5.32 Å². The van der Waals surface area contributed by atoms with Gasteiger partial charge in [-0.3, -0.25) is 4.79 Å². The molecule has 0 spiro atoms. The Morgan fingerprint density at radius 3 is 1.57 bits per heavy atom. The van der Waals surface area contributed by atoms with Gasteiger partial charge in [0, 0.05) is 5.92 Å². The summed E-state index contributed by atoms with van der Waals surface area (Å²) in [4.78, 5) is 28.5. The van der Waals surface area contributed by atoms with Crippen molar-refractivity contribution in [3.63, 3.8) is 0 Å². The number of nitrogens with one attached hydrogen (secondary N) is 1. The number of nitriles is 1. The summed E-state index contributed by atoms with van der Waals surface area (Å²) in [5.74, 6) is -0.655. The smallest absolute Gasteiger partial charge is 0.407 e. The van der Waals surface area contributed by atoms with Gasteiger partial charge in [-0.05, 0) is 65.8 Å². The topological polar surface area (TPSA) is 88.4 Å². The first-order valence-electron chi connectivity index (χ1n) is 16.4. The SMILES string of the molecule is CC(C)(C)OC[C@H](NC(=O)OCC1c2ccccc2-c2ccccc21)C(=O)C(C#N)=P(c1ccccc1)(c1ccccc1)c1ccccc1. The molecule has 6 rings (SSSR count). The van der Waals surface area contributed by atoms with Crippen LogP contribution in [0.4, 0.5) is 4.79 Å². The summed E-state index contributed by atoms with van der Waals surface area (Å²) >= 11 is 0. The Labute approximate surface area is 288 Å². The van der Waals surface area contributed by atoms with Gasteiger partial charge in [-0.2, -0.15) is 5.26 Å². The van der Waals surface area contributed by atoms with E-state index in [2.05, 4.69) is 35.7 Å². The lowest BCUT2D eigenvalue weighted by atomic mass is 9.98. The molecular formula is C42H39N2O4P. The van der Waals surface area contributed by atoms with Crippen molar-refractivity contribution in [2.75, 3.05) is 13.2 Å². The van der Waals surface area contributed by atoms with E-state index in [1.165, 1.54) is 0 Å². The van der Waals surface area contributed by atoms with Crippen LogP contribution in [0.3, 0.4) is 0 Å². The highest BCUT2D eigenvalue weighted by molar-refractivity contribution is 7.97. The average Bonchev–Trinajstić information content (AvgIpc) is 3.45. The fraction of sp³-hybridized carbons (Fsp3) is 0.190. The first kappa shape index (κ1) is 33.7. The number of hydrogen-bond donors (Lipinski definition) is 1. The molecule has 1 aliphatic rings. The molecule has 0 bridgehead atoms. The van der Waals surface area contributed by atoms with Crippen LogP contribution in [-0.4, -0.2) is 42.0 Å². The van der Waals surface area contributed by atoms with E-state index in [-0.39, 0.29) is 24.4 Å². The third-order valence-electron chi connectivity index (χ3n) is 8.74. The standard InChI is InChI=1S/C42H39N2O4P/c1-42(2,3)48-29-38(44-41(46)47-28-37-35-25-15-13-23-33(35)34-24-14-16-26-36(34)37)40(45)39(27-43)49(30-17-7-4-8-18-30,31-19-9-5-10-20-31)32-21-11-6-12-22-32/h4-26,37-38H,28-29H2,1-3H3,(H,44,46)/t38-/m0/s1. The quantitative estimate of drug-likeness (QED) is 0.163. The third-order valence-corrected chi connectivity index (χ3v) is 12.9. The lowest BCUT2D eigenvalue weighted by Crippen LogP contribution is -2.49. The van der Waals surface area contributed by atoms with Crippen LogP contribution in [0.5, 0.6) is 0 Å². The number of nitrogens with zero attached hydrogens (tertiary/aromatic N) is 1. The summed E-state index contributed by atoms with van der Waals surface area (Å²) in [6, 6.07) is 46.5. The van der Waals surface area contributed by atoms with Crippen molar-refractivity contribution in [2.24, 2.45) is 0 Å². The molecule has 0 unspecified atom stereocenters. The number of carbonyl (C=O) groups excluding carboxylic acids is 2. The van der Waals surface area contributed by atoms with Gasteiger partial charge in [-0.25, -0.2) is 4.79 Å². The highest BCUT2D eigenvalue weighted by Crippen LogP contribution is 2.47. The molecule has 1 atom stereocenters. The highest BCUT2D eigenvalue weighted by Gasteiger charge is 2.37. The zero-order chi connectivity index (χ0) is 34.4. The molecule has 0 saturated heterocycles. The second-order valence-electron chi connectivity index (χ2n) is 12.9. The molecule has 6 nitrogen and oxygen atoms in total. The Hall–Kier alpha value is -5.21. The Bertz CT molecular complexity index is 1900. The summed E-state index contributed by atoms with van der Waals surface area (Å²) in [6.45, 7) is 2.56. The van der Waals surface area contributed by atoms with E-state index in [9.17, 15) is 14.9 Å². The third kappa shape index (κ3) is 6.87. The monoisotopic (exact) mass is 666 g/mol. The van der Waals surface area contributed by atoms with Gasteiger partial charge in [-0.1, -0.05) is 140 Å². The molecular weight excluding hydrogens is 627 g/mol. The second-order valence-corrected chi connectivity index (χ2v) is 16.3. The number of ether oxygens (including phenoxy) is 2. The molecule has 0 fully saturated rings. The molecule has 246 valence electrons. The van der Waals surface area contributed by atoms with E-state index in [1.807, 2.05) is 136 Å². The predicted octanol–water partition coefficient (Wildman–Crippen LogP) is 6.97. The van der Waals surface area contributed by atoms with Crippen molar-refractivity contribution in [3.8, 4) is 17.2 Å². The first-order chi connectivity index (χ1) is 23.7. The molecule has 0 heterocycles. The molecule has 7 heteroatoms. The van der Waals surface area contributed by atoms with Crippen molar-refractivity contribution < 1.29 is 19.1 Å². The van der Waals surface area contributed by atoms with Crippen LogP contribution in [0.15, 0.2) is 140 Å². The van der Waals surface area contributed by atoms with E-state index in [0.717, 1.165) is 38.2 Å². The molecule has 5 aromatic carbocycles. The summed E-state index contributed by atoms with van der Waals surface area (Å²) < 4.78 is 12.0. The number of alkyl carbamates (subject to hydrolysis) is 1. The van der Waals surface area contributed by atoms with Gasteiger partial charge in [0.25, 0.3) is 0 Å². The maximum atomic E-state index is 14.9. The zero-order valence-corrected chi connectivity index (χ0v) is 28.8. The minimum atomic E-state index is -3.03. The molecule has 1 N–H and O–H groups in total. The minimum Gasteiger partial charge on any atom is -0.449 e. The van der Waals surface area contributed by atoms with Gasteiger partial charge in [0.15, 0.2) is 5.78 Å².